The number of ether oxygens (including phenoxy) is 5. The van der Waals surface area contributed by atoms with E-state index in [0.29, 0.717) is 33.0 Å². The standard InChI is InChI=1S/C57H58N8O11/c1-54(2,3)73-42-26-37(58-47-31(42)19-15-23-35(47)63-52(68)39-28-44(75-56(7,8)9)33-21-17-25-41(65(70)71)49(33)60-39)50(66)62-34-22-14-18-30-43(74-55(4,5)6)27-38(59-46(30)34)51(67)64-36-24-16-20-32-45(76-57(10,11)12)29-40(53(69)72-13)61-48(32)36/h14-29H,1-13H3,(H,62,66)(H,63,68)(H,64,67). The van der Waals surface area contributed by atoms with Crippen molar-refractivity contribution in [1.82, 2.24) is 19.9 Å². The third kappa shape index (κ3) is 12.0. The number of anilines is 3. The molecule has 4 aromatic heterocycles. The molecule has 0 bridgehead atoms. The molecule has 0 aliphatic heterocycles. The van der Waals surface area contributed by atoms with Crippen molar-refractivity contribution in [2.75, 3.05) is 23.1 Å². The van der Waals surface area contributed by atoms with Gasteiger partial charge in [0, 0.05) is 51.9 Å². The fraction of sp³-hybridized carbons (Fsp3) is 0.298. The number of hydrogen-bond acceptors (Lipinski definition) is 15. The zero-order valence-corrected chi connectivity index (χ0v) is 44.5. The SMILES string of the molecule is COC(=O)c1cc(OC(C)(C)C)c2cccc(NC(=O)c3cc(OC(C)(C)C)c4cccc(NC(=O)c5cc(OC(C)(C)C)c6cccc(NC(=O)c7cc(OC(C)(C)C)c8cccc([N+](=O)[O-])c8n7)c6n5)c4n3)c2n1. The average molecular weight is 1030 g/mol. The number of esters is 1. The molecule has 76 heavy (non-hydrogen) atoms. The molecule has 3 N–H and O–H groups in total. The van der Waals surface area contributed by atoms with Crippen LogP contribution in [0, 0.1) is 10.1 Å². The minimum Gasteiger partial charge on any atom is -0.487 e. The molecule has 0 aliphatic carbocycles. The van der Waals surface area contributed by atoms with Gasteiger partial charge >= 0.3 is 5.97 Å². The van der Waals surface area contributed by atoms with E-state index in [1.165, 1.54) is 43.5 Å². The highest BCUT2D eigenvalue weighted by atomic mass is 16.6. The smallest absolute Gasteiger partial charge is 0.356 e. The van der Waals surface area contributed by atoms with E-state index in [-0.39, 0.29) is 79.1 Å². The van der Waals surface area contributed by atoms with Crippen LogP contribution in [0.2, 0.25) is 0 Å². The molecule has 8 rings (SSSR count). The summed E-state index contributed by atoms with van der Waals surface area (Å²) in [6.07, 6.45) is 0. The predicted octanol–water partition coefficient (Wildman–Crippen LogP) is 12.0. The van der Waals surface area contributed by atoms with Crippen LogP contribution in [0.5, 0.6) is 23.0 Å². The number of fused-ring (bicyclic) bond motifs is 4. The zero-order valence-electron chi connectivity index (χ0n) is 44.5. The van der Waals surface area contributed by atoms with Gasteiger partial charge in [0.1, 0.15) is 62.5 Å². The lowest BCUT2D eigenvalue weighted by Crippen LogP contribution is -2.24. The summed E-state index contributed by atoms with van der Waals surface area (Å²) in [4.78, 5) is 86.3. The number of amides is 3. The average Bonchev–Trinajstić information content (AvgIpc) is 3.32. The molecule has 4 heterocycles. The second-order valence-electron chi connectivity index (χ2n) is 21.8. The maximum atomic E-state index is 14.7. The van der Waals surface area contributed by atoms with Crippen LogP contribution in [0.1, 0.15) is 125 Å². The third-order valence-electron chi connectivity index (χ3n) is 10.9. The van der Waals surface area contributed by atoms with Crippen molar-refractivity contribution in [1.29, 1.82) is 0 Å². The van der Waals surface area contributed by atoms with Gasteiger partial charge in [0.2, 0.25) is 0 Å². The molecule has 0 spiro atoms. The molecule has 0 fully saturated rings. The number of methoxy groups -OCH3 is 1. The van der Waals surface area contributed by atoms with Crippen molar-refractivity contribution in [3.05, 3.63) is 130 Å². The van der Waals surface area contributed by atoms with Gasteiger partial charge in [-0.25, -0.2) is 24.7 Å². The largest absolute Gasteiger partial charge is 0.487 e. The molecule has 19 nitrogen and oxygen atoms in total. The molecule has 392 valence electrons. The number of nitro groups is 1. The normalized spacial score (nSPS) is 12.1. The zero-order chi connectivity index (χ0) is 55.2. The monoisotopic (exact) mass is 1030 g/mol. The first kappa shape index (κ1) is 53.3. The molecule has 19 heteroatoms. The number of nitrogens with one attached hydrogen (secondary N) is 3. The summed E-state index contributed by atoms with van der Waals surface area (Å²) in [5.41, 5.74) is -2.41. The van der Waals surface area contributed by atoms with E-state index in [2.05, 4.69) is 25.9 Å². The number of non-ortho nitro benzene ring substituents is 1. The molecule has 0 aliphatic rings. The highest BCUT2D eigenvalue weighted by molar-refractivity contribution is 6.14. The number of carbonyl (C=O) groups is 4. The minimum absolute atomic E-state index is 0.0333. The highest BCUT2D eigenvalue weighted by Gasteiger charge is 2.27. The van der Waals surface area contributed by atoms with Crippen molar-refractivity contribution in [2.24, 2.45) is 0 Å². The summed E-state index contributed by atoms with van der Waals surface area (Å²) in [6.45, 7) is 22.1. The number of rotatable bonds is 12. The van der Waals surface area contributed by atoms with Gasteiger partial charge in [0.15, 0.2) is 11.2 Å². The van der Waals surface area contributed by atoms with E-state index in [1.807, 2.05) is 83.1 Å². The summed E-state index contributed by atoms with van der Waals surface area (Å²) in [5, 5.41) is 22.6. The van der Waals surface area contributed by atoms with Crippen LogP contribution < -0.4 is 34.9 Å². The molecule has 0 saturated heterocycles. The number of pyridine rings is 4. The van der Waals surface area contributed by atoms with Gasteiger partial charge < -0.3 is 39.6 Å². The van der Waals surface area contributed by atoms with Crippen molar-refractivity contribution < 1.29 is 47.8 Å². The number of nitrogens with zero attached hydrogens (tertiary/aromatic N) is 5. The highest BCUT2D eigenvalue weighted by Crippen LogP contribution is 2.39. The van der Waals surface area contributed by atoms with E-state index in [4.69, 9.17) is 33.7 Å². The van der Waals surface area contributed by atoms with E-state index in [9.17, 15) is 29.3 Å². The van der Waals surface area contributed by atoms with Crippen LogP contribution in [0.25, 0.3) is 43.6 Å². The van der Waals surface area contributed by atoms with Crippen LogP contribution in [0.15, 0.2) is 97.1 Å². The topological polar surface area (TPSA) is 245 Å². The summed E-state index contributed by atoms with van der Waals surface area (Å²) < 4.78 is 30.2. The molecule has 0 unspecified atom stereocenters. The summed E-state index contributed by atoms with van der Waals surface area (Å²) in [6, 6.07) is 25.6. The maximum Gasteiger partial charge on any atom is 0.356 e. The first-order chi connectivity index (χ1) is 35.5. The Kier molecular flexibility index (Phi) is 14.0. The van der Waals surface area contributed by atoms with E-state index in [1.54, 1.807) is 60.7 Å². The van der Waals surface area contributed by atoms with Gasteiger partial charge in [-0.05, 0) is 126 Å². The summed E-state index contributed by atoms with van der Waals surface area (Å²) >= 11 is 0. The van der Waals surface area contributed by atoms with Gasteiger partial charge in [-0.1, -0.05) is 24.3 Å². The predicted molar refractivity (Wildman–Crippen MR) is 290 cm³/mol. The molecule has 8 aromatic rings. The van der Waals surface area contributed by atoms with Gasteiger partial charge in [-0.3, -0.25) is 24.5 Å². The first-order valence-electron chi connectivity index (χ1n) is 24.2. The van der Waals surface area contributed by atoms with Crippen molar-refractivity contribution in [3.63, 3.8) is 0 Å². The van der Waals surface area contributed by atoms with Crippen molar-refractivity contribution in [3.8, 4) is 23.0 Å². The van der Waals surface area contributed by atoms with Crippen LogP contribution in [-0.4, -0.2) is 78.1 Å². The second-order valence-corrected chi connectivity index (χ2v) is 21.8. The van der Waals surface area contributed by atoms with Gasteiger partial charge in [-0.2, -0.15) is 0 Å². The lowest BCUT2D eigenvalue weighted by Gasteiger charge is -2.24. The minimum atomic E-state index is -0.761. The van der Waals surface area contributed by atoms with Crippen LogP contribution in [0.4, 0.5) is 22.7 Å². The van der Waals surface area contributed by atoms with Crippen LogP contribution in [0.3, 0.4) is 0 Å². The lowest BCUT2D eigenvalue weighted by molar-refractivity contribution is -0.383. The third-order valence-corrected chi connectivity index (χ3v) is 10.9. The van der Waals surface area contributed by atoms with Crippen molar-refractivity contribution in [2.45, 2.75) is 105 Å². The molecular weight excluding hydrogens is 973 g/mol. The van der Waals surface area contributed by atoms with Crippen molar-refractivity contribution >= 4 is 90.1 Å². The Morgan fingerprint density at radius 1 is 0.434 bits per heavy atom. The van der Waals surface area contributed by atoms with Gasteiger partial charge in [-0.15, -0.1) is 0 Å². The van der Waals surface area contributed by atoms with Crippen LogP contribution in [-0.2, 0) is 4.74 Å². The Hall–Kier alpha value is -9.00. The number of aromatic nitrogens is 4. The molecule has 3 amide bonds. The molecular formula is C57H58N8O11. The summed E-state index contributed by atoms with van der Waals surface area (Å²) in [7, 11) is 1.24. The van der Waals surface area contributed by atoms with Gasteiger partial charge in [0.25, 0.3) is 23.4 Å². The molecule has 0 radical (unpaired) electrons. The van der Waals surface area contributed by atoms with Gasteiger partial charge in [0.05, 0.1) is 45.6 Å². The van der Waals surface area contributed by atoms with Crippen LogP contribution >= 0.6 is 0 Å². The maximum absolute atomic E-state index is 14.7. The Bertz CT molecular complexity index is 3680. The number of hydrogen-bond donors (Lipinski definition) is 3. The molecule has 4 aromatic carbocycles. The van der Waals surface area contributed by atoms with E-state index >= 15 is 0 Å². The molecule has 0 atom stereocenters. The summed E-state index contributed by atoms with van der Waals surface area (Å²) in [5.74, 6) is -1.67. The number of benzene rings is 4. The Morgan fingerprint density at radius 3 is 1.01 bits per heavy atom. The number of nitro benzene ring substituents is 1. The Balaban J connectivity index is 1.19. The van der Waals surface area contributed by atoms with E-state index < -0.39 is 51.0 Å². The fourth-order valence-electron chi connectivity index (χ4n) is 8.08. The Morgan fingerprint density at radius 2 is 0.711 bits per heavy atom. The second kappa shape index (κ2) is 20.0. The van der Waals surface area contributed by atoms with E-state index in [0.717, 1.165) is 0 Å². The number of carbonyl (C=O) groups excluding carboxylic acids is 4. The first-order valence-corrected chi connectivity index (χ1v) is 24.2. The quantitative estimate of drug-likeness (QED) is 0.0585. The lowest BCUT2D eigenvalue weighted by atomic mass is 10.1. The molecule has 0 saturated carbocycles. The Labute approximate surface area is 437 Å². The number of para-hydroxylation sites is 4. The fourth-order valence-corrected chi connectivity index (χ4v) is 8.08.